The van der Waals surface area contributed by atoms with Crippen molar-refractivity contribution in [3.05, 3.63) is 52.2 Å². The second-order valence-corrected chi connectivity index (χ2v) is 9.56. The van der Waals surface area contributed by atoms with Crippen LogP contribution in [0.25, 0.3) is 26.2 Å². The van der Waals surface area contributed by atoms with Crippen molar-refractivity contribution in [2.75, 3.05) is 31.5 Å². The first-order chi connectivity index (χ1) is 14.0. The third-order valence-electron chi connectivity index (χ3n) is 5.82. The topological polar surface area (TPSA) is 41.6 Å². The van der Waals surface area contributed by atoms with Crippen molar-refractivity contribution in [3.8, 4) is 5.75 Å². The Balaban J connectivity index is 1.66. The Kier molecular flexibility index (Phi) is 4.60. The maximum atomic E-state index is 13.4. The van der Waals surface area contributed by atoms with Crippen LogP contribution in [0.4, 0.5) is 5.69 Å². The molecule has 0 saturated carbocycles. The van der Waals surface area contributed by atoms with Gasteiger partial charge < -0.3 is 15.0 Å². The molecular weight excluding hydrogens is 380 g/mol. The molecule has 3 aromatic rings. The molecule has 29 heavy (non-hydrogen) atoms. The highest BCUT2D eigenvalue weighted by molar-refractivity contribution is 7.24. The van der Waals surface area contributed by atoms with Gasteiger partial charge in [0.1, 0.15) is 11.4 Å². The van der Waals surface area contributed by atoms with Gasteiger partial charge in [0.15, 0.2) is 5.43 Å². The third-order valence-corrected chi connectivity index (χ3v) is 6.94. The quantitative estimate of drug-likeness (QED) is 0.612. The van der Waals surface area contributed by atoms with E-state index in [4.69, 9.17) is 4.74 Å². The first-order valence-corrected chi connectivity index (χ1v) is 11.2. The molecule has 1 fully saturated rings. The molecule has 0 unspecified atom stereocenters. The van der Waals surface area contributed by atoms with Crippen LogP contribution in [0.15, 0.2) is 41.2 Å². The Hall–Kier alpha value is -2.37. The van der Waals surface area contributed by atoms with Crippen molar-refractivity contribution in [3.63, 3.8) is 0 Å². The predicted octanol–water partition coefficient (Wildman–Crippen LogP) is 5.11. The maximum absolute atomic E-state index is 13.4. The van der Waals surface area contributed by atoms with Crippen molar-refractivity contribution < 1.29 is 4.74 Å². The number of hydrogen-bond donors (Lipinski definition) is 1. The third kappa shape index (κ3) is 3.43. The summed E-state index contributed by atoms with van der Waals surface area (Å²) in [6.07, 6.45) is 6.75. The number of fused-ring (bicyclic) bond motifs is 3. The standard InChI is InChI=1S/C24H26N2O2S/c1-24(2)10-9-16-18(28-24)15-20-21(22(16)25-11-14-26-12-5-6-13-26)23(27)17-7-3-4-8-19(17)29-20/h3-4,7-10,15,25H,5-6,11-14H2,1-2H3. The molecule has 2 aromatic carbocycles. The van der Waals surface area contributed by atoms with Crippen molar-refractivity contribution in [2.45, 2.75) is 32.3 Å². The van der Waals surface area contributed by atoms with Crippen molar-refractivity contribution in [1.29, 1.82) is 0 Å². The molecule has 0 amide bonds. The monoisotopic (exact) mass is 406 g/mol. The molecule has 2 aliphatic heterocycles. The lowest BCUT2D eigenvalue weighted by Gasteiger charge is -2.29. The summed E-state index contributed by atoms with van der Waals surface area (Å²) in [6.45, 7) is 8.27. The van der Waals surface area contributed by atoms with Gasteiger partial charge >= 0.3 is 0 Å². The summed E-state index contributed by atoms with van der Waals surface area (Å²) in [7, 11) is 0. The number of nitrogens with one attached hydrogen (secondary N) is 1. The van der Waals surface area contributed by atoms with Gasteiger partial charge in [0.2, 0.25) is 0 Å². The Morgan fingerprint density at radius 3 is 2.79 bits per heavy atom. The summed E-state index contributed by atoms with van der Waals surface area (Å²) in [6, 6.07) is 9.91. The minimum absolute atomic E-state index is 0.0963. The van der Waals surface area contributed by atoms with E-state index in [1.54, 1.807) is 11.3 Å². The lowest BCUT2D eigenvalue weighted by atomic mass is 9.99. The Bertz CT molecular complexity index is 1170. The van der Waals surface area contributed by atoms with Gasteiger partial charge in [-0.25, -0.2) is 0 Å². The van der Waals surface area contributed by atoms with Crippen LogP contribution < -0.4 is 15.5 Å². The van der Waals surface area contributed by atoms with E-state index >= 15 is 0 Å². The van der Waals surface area contributed by atoms with Crippen LogP contribution in [0, 0.1) is 0 Å². The molecule has 5 heteroatoms. The SMILES string of the molecule is CC1(C)C=Cc2c(cc3sc4ccccc4c(=O)c3c2NCCN2CCCC2)O1. The van der Waals surface area contributed by atoms with Gasteiger partial charge in [0.25, 0.3) is 0 Å². The lowest BCUT2D eigenvalue weighted by molar-refractivity contribution is 0.159. The summed E-state index contributed by atoms with van der Waals surface area (Å²) in [5, 5.41) is 5.17. The zero-order valence-electron chi connectivity index (χ0n) is 17.0. The second-order valence-electron chi connectivity index (χ2n) is 8.48. The first kappa shape index (κ1) is 18.6. The second kappa shape index (κ2) is 7.15. The minimum Gasteiger partial charge on any atom is -0.483 e. The zero-order valence-corrected chi connectivity index (χ0v) is 17.8. The Labute approximate surface area is 174 Å². The summed E-state index contributed by atoms with van der Waals surface area (Å²) in [5.41, 5.74) is 1.64. The molecule has 0 spiro atoms. The predicted molar refractivity (Wildman–Crippen MR) is 124 cm³/mol. The van der Waals surface area contributed by atoms with E-state index in [2.05, 4.69) is 36.2 Å². The van der Waals surface area contributed by atoms with Crippen molar-refractivity contribution in [1.82, 2.24) is 4.90 Å². The minimum atomic E-state index is -0.352. The van der Waals surface area contributed by atoms with Gasteiger partial charge in [0, 0.05) is 33.4 Å². The van der Waals surface area contributed by atoms with E-state index in [0.29, 0.717) is 0 Å². The highest BCUT2D eigenvalue weighted by atomic mass is 32.1. The fourth-order valence-electron chi connectivity index (χ4n) is 4.33. The van der Waals surface area contributed by atoms with E-state index in [-0.39, 0.29) is 11.0 Å². The molecular formula is C24H26N2O2S. The van der Waals surface area contributed by atoms with Crippen molar-refractivity contribution >= 4 is 43.3 Å². The molecule has 0 aliphatic carbocycles. The largest absolute Gasteiger partial charge is 0.483 e. The van der Waals surface area contributed by atoms with Gasteiger partial charge in [-0.3, -0.25) is 4.79 Å². The molecule has 0 bridgehead atoms. The van der Waals surface area contributed by atoms with Gasteiger partial charge in [0.05, 0.1) is 11.1 Å². The number of anilines is 1. The van der Waals surface area contributed by atoms with E-state index in [0.717, 1.165) is 50.3 Å². The average Bonchev–Trinajstić information content (AvgIpc) is 3.20. The van der Waals surface area contributed by atoms with E-state index in [1.165, 1.54) is 25.9 Å². The number of ether oxygens (including phenoxy) is 1. The number of likely N-dealkylation sites (tertiary alicyclic amines) is 1. The van der Waals surface area contributed by atoms with E-state index in [9.17, 15) is 4.79 Å². The van der Waals surface area contributed by atoms with Crippen LogP contribution in [0.2, 0.25) is 0 Å². The fourth-order valence-corrected chi connectivity index (χ4v) is 5.45. The molecule has 0 radical (unpaired) electrons. The van der Waals surface area contributed by atoms with E-state index < -0.39 is 0 Å². The smallest absolute Gasteiger partial charge is 0.197 e. The van der Waals surface area contributed by atoms with Crippen LogP contribution in [-0.4, -0.2) is 36.7 Å². The zero-order chi connectivity index (χ0) is 20.0. The fraction of sp³-hybridized carbons (Fsp3) is 0.375. The van der Waals surface area contributed by atoms with Crippen LogP contribution in [-0.2, 0) is 0 Å². The maximum Gasteiger partial charge on any atom is 0.197 e. The highest BCUT2D eigenvalue weighted by Gasteiger charge is 2.26. The normalized spacial score (nSPS) is 18.1. The molecule has 1 aromatic heterocycles. The van der Waals surface area contributed by atoms with Gasteiger partial charge in [-0.2, -0.15) is 0 Å². The highest BCUT2D eigenvalue weighted by Crippen LogP contribution is 2.42. The lowest BCUT2D eigenvalue weighted by Crippen LogP contribution is -2.29. The Morgan fingerprint density at radius 1 is 1.17 bits per heavy atom. The molecule has 0 atom stereocenters. The number of hydrogen-bond acceptors (Lipinski definition) is 5. The molecule has 4 nitrogen and oxygen atoms in total. The van der Waals surface area contributed by atoms with E-state index in [1.807, 2.05) is 30.3 Å². The van der Waals surface area contributed by atoms with Crippen LogP contribution >= 0.6 is 11.3 Å². The van der Waals surface area contributed by atoms with Crippen LogP contribution in [0.5, 0.6) is 5.75 Å². The Morgan fingerprint density at radius 2 is 1.97 bits per heavy atom. The van der Waals surface area contributed by atoms with Crippen LogP contribution in [0.3, 0.4) is 0 Å². The van der Waals surface area contributed by atoms with Gasteiger partial charge in [-0.05, 0) is 70.1 Å². The molecule has 1 N–H and O–H groups in total. The molecule has 2 aliphatic rings. The van der Waals surface area contributed by atoms with Gasteiger partial charge in [-0.1, -0.05) is 12.1 Å². The summed E-state index contributed by atoms with van der Waals surface area (Å²) in [5.74, 6) is 0.847. The molecule has 1 saturated heterocycles. The average molecular weight is 407 g/mol. The first-order valence-electron chi connectivity index (χ1n) is 10.4. The van der Waals surface area contributed by atoms with Crippen molar-refractivity contribution in [2.24, 2.45) is 0 Å². The molecule has 3 heterocycles. The number of benzene rings is 2. The summed E-state index contributed by atoms with van der Waals surface area (Å²) >= 11 is 1.66. The number of rotatable bonds is 4. The summed E-state index contributed by atoms with van der Waals surface area (Å²) < 4.78 is 8.25. The molecule has 150 valence electrons. The molecule has 5 rings (SSSR count). The number of nitrogens with zero attached hydrogens (tertiary/aromatic N) is 1. The van der Waals surface area contributed by atoms with Crippen LogP contribution in [0.1, 0.15) is 32.3 Å². The van der Waals surface area contributed by atoms with Gasteiger partial charge in [-0.15, -0.1) is 11.3 Å². The summed E-state index contributed by atoms with van der Waals surface area (Å²) in [4.78, 5) is 15.9.